The van der Waals surface area contributed by atoms with Crippen LogP contribution in [0.1, 0.15) is 47.0 Å². The third-order valence-electron chi connectivity index (χ3n) is 3.53. The van der Waals surface area contributed by atoms with E-state index < -0.39 is 0 Å². The third kappa shape index (κ3) is 4.98. The van der Waals surface area contributed by atoms with Crippen LogP contribution in [0.3, 0.4) is 0 Å². The van der Waals surface area contributed by atoms with Crippen molar-refractivity contribution in [1.29, 1.82) is 0 Å². The molecule has 2 heteroatoms. The quantitative estimate of drug-likeness (QED) is 0.753. The molecule has 0 saturated carbocycles. The average Bonchev–Trinajstić information content (AvgIpc) is 2.18. The van der Waals surface area contributed by atoms with Crippen LogP contribution in [0.25, 0.3) is 0 Å². The molecule has 1 aliphatic heterocycles. The van der Waals surface area contributed by atoms with E-state index in [4.69, 9.17) is 0 Å². The minimum absolute atomic E-state index is 0.625. The Morgan fingerprint density at radius 1 is 1.00 bits per heavy atom. The molecule has 1 saturated heterocycles. The molecule has 1 aliphatic rings. The highest BCUT2D eigenvalue weighted by Crippen LogP contribution is 2.09. The molecule has 0 aromatic carbocycles. The first kappa shape index (κ1) is 13.0. The topological polar surface area (TPSA) is 15.3 Å². The molecule has 0 spiro atoms. The van der Waals surface area contributed by atoms with Gasteiger partial charge < -0.3 is 10.2 Å². The Hall–Kier alpha value is -0.0800. The summed E-state index contributed by atoms with van der Waals surface area (Å²) < 4.78 is 0. The fourth-order valence-corrected chi connectivity index (χ4v) is 2.22. The molecule has 2 atom stereocenters. The van der Waals surface area contributed by atoms with Crippen molar-refractivity contribution in [3.63, 3.8) is 0 Å². The molecule has 0 bridgehead atoms. The van der Waals surface area contributed by atoms with Gasteiger partial charge in [0.05, 0.1) is 0 Å². The van der Waals surface area contributed by atoms with Crippen LogP contribution in [-0.4, -0.2) is 36.6 Å². The first-order chi connectivity index (χ1) is 7.09. The summed E-state index contributed by atoms with van der Waals surface area (Å²) >= 11 is 0. The summed E-state index contributed by atoms with van der Waals surface area (Å²) in [6, 6.07) is 1.25. The van der Waals surface area contributed by atoms with Crippen molar-refractivity contribution >= 4 is 0 Å². The molecule has 1 heterocycles. The number of rotatable bonds is 5. The zero-order chi connectivity index (χ0) is 11.3. The lowest BCUT2D eigenvalue weighted by molar-refractivity contribution is 0.201. The highest BCUT2D eigenvalue weighted by Gasteiger charge is 2.15. The Morgan fingerprint density at radius 3 is 2.13 bits per heavy atom. The van der Waals surface area contributed by atoms with Gasteiger partial charge in [0.1, 0.15) is 0 Å². The molecule has 0 aliphatic carbocycles. The molecule has 2 nitrogen and oxygen atoms in total. The maximum atomic E-state index is 3.68. The van der Waals surface area contributed by atoms with E-state index in [1.165, 1.54) is 38.9 Å². The monoisotopic (exact) mass is 212 g/mol. The molecular formula is C13H28N2. The van der Waals surface area contributed by atoms with E-state index in [9.17, 15) is 0 Å². The predicted molar refractivity (Wildman–Crippen MR) is 67.2 cm³/mol. The first-order valence-electron chi connectivity index (χ1n) is 6.58. The molecule has 0 aromatic heterocycles. The van der Waals surface area contributed by atoms with E-state index in [0.29, 0.717) is 12.1 Å². The molecule has 2 unspecified atom stereocenters. The molecule has 90 valence electrons. The summed E-state index contributed by atoms with van der Waals surface area (Å²) in [5.41, 5.74) is 0. The number of hydrogen-bond donors (Lipinski definition) is 1. The van der Waals surface area contributed by atoms with Crippen molar-refractivity contribution in [2.75, 3.05) is 19.6 Å². The van der Waals surface area contributed by atoms with E-state index in [-0.39, 0.29) is 0 Å². The van der Waals surface area contributed by atoms with Crippen molar-refractivity contribution in [2.45, 2.75) is 59.0 Å². The summed E-state index contributed by atoms with van der Waals surface area (Å²) in [5.74, 6) is 0.730. The molecule has 1 fully saturated rings. The molecule has 0 amide bonds. The maximum Gasteiger partial charge on any atom is 0.0169 e. The second kappa shape index (κ2) is 6.49. The average molecular weight is 212 g/mol. The van der Waals surface area contributed by atoms with Crippen molar-refractivity contribution < 1.29 is 0 Å². The zero-order valence-corrected chi connectivity index (χ0v) is 10.9. The molecule has 0 aromatic rings. The first-order valence-corrected chi connectivity index (χ1v) is 6.58. The highest BCUT2D eigenvalue weighted by atomic mass is 15.2. The van der Waals surface area contributed by atoms with Gasteiger partial charge in [-0.2, -0.15) is 0 Å². The number of nitrogens with zero attached hydrogens (tertiary/aromatic N) is 1. The summed E-state index contributed by atoms with van der Waals surface area (Å²) in [5, 5.41) is 3.68. The summed E-state index contributed by atoms with van der Waals surface area (Å²) in [4.78, 5) is 2.61. The lowest BCUT2D eigenvalue weighted by Crippen LogP contribution is -2.45. The standard InChI is InChI=1S/C13H28N2/c1-11(2)13(4)14-12(3)10-15-8-6-5-7-9-15/h11-14H,5-10H2,1-4H3. The van der Waals surface area contributed by atoms with Crippen LogP contribution in [0.4, 0.5) is 0 Å². The lowest BCUT2D eigenvalue weighted by Gasteiger charge is -2.31. The van der Waals surface area contributed by atoms with Gasteiger partial charge in [0, 0.05) is 18.6 Å². The van der Waals surface area contributed by atoms with E-state index in [2.05, 4.69) is 37.9 Å². The fraction of sp³-hybridized carbons (Fsp3) is 1.00. The van der Waals surface area contributed by atoms with Crippen molar-refractivity contribution in [1.82, 2.24) is 10.2 Å². The summed E-state index contributed by atoms with van der Waals surface area (Å²) in [6.45, 7) is 13.0. The van der Waals surface area contributed by atoms with E-state index in [0.717, 1.165) is 5.92 Å². The van der Waals surface area contributed by atoms with Crippen LogP contribution in [0.15, 0.2) is 0 Å². The van der Waals surface area contributed by atoms with Crippen LogP contribution in [0.2, 0.25) is 0 Å². The predicted octanol–water partition coefficient (Wildman–Crippen LogP) is 2.49. The Balaban J connectivity index is 2.19. The summed E-state index contributed by atoms with van der Waals surface area (Å²) in [6.07, 6.45) is 4.22. The molecule has 1 rings (SSSR count). The Bertz CT molecular complexity index is 162. The molecule has 1 N–H and O–H groups in total. The second-order valence-corrected chi connectivity index (χ2v) is 5.46. The number of likely N-dealkylation sites (tertiary alicyclic amines) is 1. The zero-order valence-electron chi connectivity index (χ0n) is 10.9. The summed E-state index contributed by atoms with van der Waals surface area (Å²) in [7, 11) is 0. The maximum absolute atomic E-state index is 3.68. The Labute approximate surface area is 95.4 Å². The molecule has 15 heavy (non-hydrogen) atoms. The van der Waals surface area contributed by atoms with Gasteiger partial charge in [-0.05, 0) is 45.7 Å². The van der Waals surface area contributed by atoms with Crippen LogP contribution < -0.4 is 5.32 Å². The third-order valence-corrected chi connectivity index (χ3v) is 3.53. The van der Waals surface area contributed by atoms with Gasteiger partial charge in [-0.15, -0.1) is 0 Å². The van der Waals surface area contributed by atoms with Gasteiger partial charge in [0.25, 0.3) is 0 Å². The van der Waals surface area contributed by atoms with Crippen molar-refractivity contribution in [3.05, 3.63) is 0 Å². The van der Waals surface area contributed by atoms with Gasteiger partial charge in [-0.3, -0.25) is 0 Å². The number of nitrogens with one attached hydrogen (secondary N) is 1. The van der Waals surface area contributed by atoms with E-state index >= 15 is 0 Å². The number of piperidine rings is 1. The smallest absolute Gasteiger partial charge is 0.0169 e. The van der Waals surface area contributed by atoms with Gasteiger partial charge in [-0.25, -0.2) is 0 Å². The largest absolute Gasteiger partial charge is 0.310 e. The normalized spacial score (nSPS) is 23.0. The Morgan fingerprint density at radius 2 is 1.60 bits per heavy atom. The van der Waals surface area contributed by atoms with Crippen LogP contribution in [0.5, 0.6) is 0 Å². The van der Waals surface area contributed by atoms with Crippen molar-refractivity contribution in [2.24, 2.45) is 5.92 Å². The van der Waals surface area contributed by atoms with Crippen LogP contribution in [-0.2, 0) is 0 Å². The van der Waals surface area contributed by atoms with E-state index in [1.807, 2.05) is 0 Å². The van der Waals surface area contributed by atoms with Crippen molar-refractivity contribution in [3.8, 4) is 0 Å². The molecular weight excluding hydrogens is 184 g/mol. The second-order valence-electron chi connectivity index (χ2n) is 5.46. The van der Waals surface area contributed by atoms with Crippen LogP contribution >= 0.6 is 0 Å². The minimum atomic E-state index is 0.625. The molecule has 0 radical (unpaired) electrons. The lowest BCUT2D eigenvalue weighted by atomic mass is 10.1. The van der Waals surface area contributed by atoms with E-state index in [1.54, 1.807) is 0 Å². The van der Waals surface area contributed by atoms with Gasteiger partial charge in [0.2, 0.25) is 0 Å². The Kier molecular flexibility index (Phi) is 5.62. The number of hydrogen-bond acceptors (Lipinski definition) is 2. The van der Waals surface area contributed by atoms with Gasteiger partial charge in [-0.1, -0.05) is 20.3 Å². The SMILES string of the molecule is CC(CN1CCCCC1)NC(C)C(C)C. The minimum Gasteiger partial charge on any atom is -0.310 e. The van der Waals surface area contributed by atoms with Crippen LogP contribution in [0, 0.1) is 5.92 Å². The highest BCUT2D eigenvalue weighted by molar-refractivity contribution is 4.75. The van der Waals surface area contributed by atoms with Gasteiger partial charge >= 0.3 is 0 Å². The fourth-order valence-electron chi connectivity index (χ4n) is 2.22. The van der Waals surface area contributed by atoms with Gasteiger partial charge in [0.15, 0.2) is 0 Å².